The molecular formula is C42H45Br2CuN6O8S2. The van der Waals surface area contributed by atoms with E-state index in [-0.39, 0.29) is 11.9 Å². The number of nitrogens with two attached hydrogens (primary N) is 1. The summed E-state index contributed by atoms with van der Waals surface area (Å²) < 4.78 is 26.2. The molecule has 2 N–H and O–H groups in total. The molecule has 2 aromatic carbocycles. The molecule has 0 saturated carbocycles. The number of halogens is 2. The Morgan fingerprint density at radius 1 is 0.787 bits per heavy atom. The zero-order chi connectivity index (χ0) is 44.1. The van der Waals surface area contributed by atoms with E-state index in [1.807, 2.05) is 70.8 Å². The maximum atomic E-state index is 12.5. The average molecular weight is 1050 g/mol. The van der Waals surface area contributed by atoms with Crippen molar-refractivity contribution in [1.29, 1.82) is 0 Å². The minimum atomic E-state index is -0.385. The number of aromatic nitrogens is 4. The van der Waals surface area contributed by atoms with Crippen LogP contribution in [0.5, 0.6) is 11.5 Å². The van der Waals surface area contributed by atoms with E-state index in [4.69, 9.17) is 24.7 Å². The van der Waals surface area contributed by atoms with Crippen LogP contribution in [-0.4, -0.2) is 65.1 Å². The fourth-order valence-electron chi connectivity index (χ4n) is 6.87. The van der Waals surface area contributed by atoms with Crippen molar-refractivity contribution in [2.45, 2.75) is 59.3 Å². The number of nitrogens with zero attached hydrogens (tertiary/aromatic N) is 5. The molecule has 0 unspecified atom stereocenters. The number of ether oxygens (including phenoxy) is 4. The Hall–Kier alpha value is -4.52. The quantitative estimate of drug-likeness (QED) is 0.0309. The van der Waals surface area contributed by atoms with Gasteiger partial charge in [-0.1, -0.05) is 25.5 Å². The summed E-state index contributed by atoms with van der Waals surface area (Å²) in [6.45, 7) is 6.73. The maximum absolute atomic E-state index is 12.5. The number of rotatable bonds is 12. The predicted octanol–water partition coefficient (Wildman–Crippen LogP) is 10.4. The molecule has 0 amide bonds. The Balaban J connectivity index is 0.000000193. The second-order valence-corrected chi connectivity index (χ2v) is 15.9. The van der Waals surface area contributed by atoms with Gasteiger partial charge in [0.25, 0.3) is 0 Å². The van der Waals surface area contributed by atoms with E-state index in [9.17, 15) is 14.5 Å². The molecule has 6 aromatic rings. The summed E-state index contributed by atoms with van der Waals surface area (Å²) in [4.78, 5) is 49.6. The number of anilines is 1. The van der Waals surface area contributed by atoms with Crippen molar-refractivity contribution in [2.75, 3.05) is 39.8 Å². The third kappa shape index (κ3) is 10.8. The van der Waals surface area contributed by atoms with E-state index in [0.717, 1.165) is 92.1 Å². The summed E-state index contributed by atoms with van der Waals surface area (Å²) in [5.74, 6) is 2.23. The van der Waals surface area contributed by atoms with Crippen LogP contribution in [0, 0.1) is 4.91 Å². The number of aryl methyl sites for hydroxylation is 2. The summed E-state index contributed by atoms with van der Waals surface area (Å²) in [5, 5.41) is 6.22. The molecule has 0 spiro atoms. The Morgan fingerprint density at radius 3 is 1.70 bits per heavy atom. The van der Waals surface area contributed by atoms with Gasteiger partial charge in [0, 0.05) is 0 Å². The number of hydrogen-bond acceptors (Lipinski definition) is 14. The molecule has 14 nitrogen and oxygen atoms in total. The normalized spacial score (nSPS) is 11.6. The van der Waals surface area contributed by atoms with Crippen LogP contribution < -0.4 is 15.2 Å². The molecule has 6 heterocycles. The molecule has 0 radical (unpaired) electrons. The van der Waals surface area contributed by atoms with Crippen molar-refractivity contribution in [3.8, 4) is 44.3 Å². The second-order valence-electron chi connectivity index (χ2n) is 13.1. The third-order valence-electron chi connectivity index (χ3n) is 9.54. The molecular weight excluding hydrogens is 1000 g/mol. The van der Waals surface area contributed by atoms with Crippen LogP contribution in [0.1, 0.15) is 77.1 Å². The van der Waals surface area contributed by atoms with E-state index in [0.29, 0.717) is 49.1 Å². The first-order chi connectivity index (χ1) is 29.7. The monoisotopic (exact) mass is 1050 g/mol. The molecule has 2 aliphatic rings. The first-order valence-electron chi connectivity index (χ1n) is 19.2. The first kappa shape index (κ1) is 47.5. The Morgan fingerprint density at radius 2 is 1.28 bits per heavy atom. The van der Waals surface area contributed by atoms with Gasteiger partial charge >= 0.3 is 40.3 Å². The van der Waals surface area contributed by atoms with Gasteiger partial charge in [0.1, 0.15) is 18.1 Å². The molecule has 328 valence electrons. The SMILES string of the molecule is CCCCON=O.CCOC(=O)c1nc(-c2cccs2)n2c1CCc1cc(OC)c(Br)cc1-2.CCOC(=O)c1nc(-c2cccs2)n2c1CCc1cc(OC)c(N)cc1-2.[Cu][Br]. The number of carbonyl (C=O) groups is 2. The van der Waals surface area contributed by atoms with Crippen LogP contribution in [0.15, 0.2) is 69.1 Å². The van der Waals surface area contributed by atoms with Crippen molar-refractivity contribution in [2.24, 2.45) is 5.34 Å². The van der Waals surface area contributed by atoms with Crippen molar-refractivity contribution >= 4 is 70.3 Å². The predicted molar refractivity (Wildman–Crippen MR) is 241 cm³/mol. The number of nitrogen functional groups attached to an aromatic ring is 1. The third-order valence-corrected chi connectivity index (χ3v) is 11.9. The number of methoxy groups -OCH3 is 2. The van der Waals surface area contributed by atoms with E-state index < -0.39 is 0 Å². The number of esters is 2. The first-order valence-corrected chi connectivity index (χ1v) is 24.1. The molecule has 0 fully saturated rings. The van der Waals surface area contributed by atoms with E-state index in [1.54, 1.807) is 50.7 Å². The van der Waals surface area contributed by atoms with Gasteiger partial charge in [-0.05, 0) is 120 Å². The minimum absolute atomic E-state index is 0.320. The molecule has 4 aromatic heterocycles. The van der Waals surface area contributed by atoms with Crippen molar-refractivity contribution in [3.05, 3.63) is 103 Å². The number of imidazole rings is 2. The van der Waals surface area contributed by atoms with Gasteiger partial charge in [0.15, 0.2) is 28.4 Å². The number of carbonyl (C=O) groups excluding carboxylic acids is 2. The van der Waals surface area contributed by atoms with Crippen LogP contribution in [0.2, 0.25) is 0 Å². The molecule has 0 atom stereocenters. The fourth-order valence-corrected chi connectivity index (χ4v) is 8.77. The molecule has 0 aliphatic carbocycles. The standard InChI is InChI=1S/C19H17BrN2O3S.C19H19N3O3S.C4H9NO2.BrH.Cu/c2*1-3-25-19(23)17-13-7-6-11-9-15(24-2)12(20)10-14(11)22(13)18(21-17)16-5-4-8-26-16;1-2-3-4-7-5-6;;/h4-5,8-10H,3,6-7H2,1-2H3;4-5,8-10H,3,6-7,20H2,1-2H3;2-4H2,1H3;1H;/q;;;;+1/p-1. The summed E-state index contributed by atoms with van der Waals surface area (Å²) in [7, 11) is 3.27. The average Bonchev–Trinajstić information content (AvgIpc) is 4.11. The van der Waals surface area contributed by atoms with E-state index >= 15 is 0 Å². The summed E-state index contributed by atoms with van der Waals surface area (Å²) >= 11 is 13.3. The Kier molecular flexibility index (Phi) is 18.0. The van der Waals surface area contributed by atoms with Crippen molar-refractivity contribution in [3.63, 3.8) is 0 Å². The van der Waals surface area contributed by atoms with Gasteiger partial charge in [-0.2, -0.15) is 0 Å². The van der Waals surface area contributed by atoms with Crippen LogP contribution in [-0.2, 0) is 54.2 Å². The zero-order valence-electron chi connectivity index (χ0n) is 34.1. The van der Waals surface area contributed by atoms with Crippen LogP contribution in [0.25, 0.3) is 32.8 Å². The van der Waals surface area contributed by atoms with E-state index in [2.05, 4.69) is 69.0 Å². The number of benzene rings is 2. The zero-order valence-corrected chi connectivity index (χ0v) is 39.8. The van der Waals surface area contributed by atoms with Crippen LogP contribution in [0.4, 0.5) is 5.69 Å². The molecule has 19 heteroatoms. The van der Waals surface area contributed by atoms with Crippen LogP contribution in [0.3, 0.4) is 0 Å². The number of unbranched alkanes of at least 4 members (excludes halogenated alkanes) is 1. The van der Waals surface area contributed by atoms with E-state index in [1.165, 1.54) is 5.56 Å². The molecule has 61 heavy (non-hydrogen) atoms. The second kappa shape index (κ2) is 23.1. The molecule has 0 bridgehead atoms. The van der Waals surface area contributed by atoms with Crippen molar-refractivity contribution in [1.82, 2.24) is 19.1 Å². The van der Waals surface area contributed by atoms with Gasteiger partial charge in [-0.25, -0.2) is 19.6 Å². The molecule has 8 rings (SSSR count). The van der Waals surface area contributed by atoms with Crippen LogP contribution >= 0.6 is 52.7 Å². The summed E-state index contributed by atoms with van der Waals surface area (Å²) in [6, 6.07) is 15.9. The fraction of sp³-hybridized carbons (Fsp3) is 0.333. The molecule has 2 aliphatic heterocycles. The van der Waals surface area contributed by atoms with Gasteiger partial charge in [-0.15, -0.1) is 27.6 Å². The van der Waals surface area contributed by atoms with Gasteiger partial charge in [-0.3, -0.25) is 9.13 Å². The van der Waals surface area contributed by atoms with Gasteiger partial charge in [0.05, 0.1) is 70.1 Å². The topological polar surface area (TPSA) is 171 Å². The summed E-state index contributed by atoms with van der Waals surface area (Å²) in [5.41, 5.74) is 13.5. The number of thiophene rings is 2. The Bertz CT molecular complexity index is 2260. The summed E-state index contributed by atoms with van der Waals surface area (Å²) in [6.07, 6.45) is 4.98. The number of hydrogen-bond donors (Lipinski definition) is 1. The van der Waals surface area contributed by atoms with Gasteiger partial charge in [0.2, 0.25) is 0 Å². The Labute approximate surface area is 385 Å². The number of fused-ring (bicyclic) bond motifs is 6. The van der Waals surface area contributed by atoms with Crippen molar-refractivity contribution < 1.29 is 47.6 Å². The molecule has 0 saturated heterocycles. The van der Waals surface area contributed by atoms with Gasteiger partial charge < -0.3 is 29.5 Å².